The first-order valence-corrected chi connectivity index (χ1v) is 7.20. The van der Waals surface area contributed by atoms with Crippen LogP contribution in [0.25, 0.3) is 0 Å². The fraction of sp³-hybridized carbons (Fsp3) is 0.100. The second-order valence-corrected chi connectivity index (χ2v) is 5.14. The third-order valence-electron chi connectivity index (χ3n) is 2.93. The molecule has 0 fully saturated rings. The molecule has 118 valence electrons. The van der Waals surface area contributed by atoms with E-state index in [9.17, 15) is 4.39 Å². The maximum Gasteiger partial charge on any atom is 0.131 e. The van der Waals surface area contributed by atoms with Crippen molar-refractivity contribution in [1.29, 1.82) is 0 Å². The van der Waals surface area contributed by atoms with Crippen LogP contribution in [0.1, 0.15) is 12.5 Å². The zero-order valence-corrected chi connectivity index (χ0v) is 13.1. The Morgan fingerprint density at radius 3 is 2.43 bits per heavy atom. The van der Waals surface area contributed by atoms with Gasteiger partial charge in [-0.25, -0.2) is 4.39 Å². The highest BCUT2D eigenvalue weighted by Gasteiger charge is 2.01. The number of allylic oxidation sites excluding steroid dienone is 3. The maximum atomic E-state index is 12.9. The third kappa shape index (κ3) is 5.83. The Labute approximate surface area is 136 Å². The van der Waals surface area contributed by atoms with Gasteiger partial charge in [-0.2, -0.15) is 0 Å². The zero-order chi connectivity index (χ0) is 16.7. The van der Waals surface area contributed by atoms with Gasteiger partial charge in [0.2, 0.25) is 0 Å². The normalized spacial score (nSPS) is 10.5. The van der Waals surface area contributed by atoms with Gasteiger partial charge < -0.3 is 9.47 Å². The summed E-state index contributed by atoms with van der Waals surface area (Å²) in [5, 5.41) is 0. The number of benzene rings is 2. The average molecular weight is 310 g/mol. The van der Waals surface area contributed by atoms with Crippen molar-refractivity contribution in [2.75, 3.05) is 0 Å². The highest BCUT2D eigenvalue weighted by atomic mass is 19.1. The molecule has 0 aliphatic rings. The molecule has 0 heterocycles. The molecule has 0 atom stereocenters. The molecule has 2 aromatic rings. The second kappa shape index (κ2) is 7.99. The molecule has 2 aromatic carbocycles. The summed E-state index contributed by atoms with van der Waals surface area (Å²) in [7, 11) is 0. The SMILES string of the molecule is C=C(C)/C=C\C(=C)Oc1cccc(OCc2ccc(F)cc2)c1. The molecule has 0 bridgehead atoms. The Balaban J connectivity index is 1.95. The number of halogens is 1. The van der Waals surface area contributed by atoms with Crippen molar-refractivity contribution in [3.05, 3.63) is 96.6 Å². The standard InChI is InChI=1S/C20H19FO2/c1-15(2)7-8-16(3)23-20-6-4-5-19(13-20)22-14-17-9-11-18(21)12-10-17/h4-13H,1,3,14H2,2H3/b8-7-. The molecular weight excluding hydrogens is 291 g/mol. The summed E-state index contributed by atoms with van der Waals surface area (Å²) in [6, 6.07) is 13.5. The van der Waals surface area contributed by atoms with Crippen LogP contribution in [-0.2, 0) is 6.61 Å². The predicted molar refractivity (Wildman–Crippen MR) is 90.9 cm³/mol. The Morgan fingerprint density at radius 1 is 1.04 bits per heavy atom. The summed E-state index contributed by atoms with van der Waals surface area (Å²) in [6.07, 6.45) is 3.59. The molecule has 23 heavy (non-hydrogen) atoms. The lowest BCUT2D eigenvalue weighted by molar-refractivity contribution is 0.304. The molecule has 0 aliphatic heterocycles. The van der Waals surface area contributed by atoms with Crippen molar-refractivity contribution in [1.82, 2.24) is 0 Å². The van der Waals surface area contributed by atoms with Gasteiger partial charge in [-0.1, -0.05) is 43.0 Å². The van der Waals surface area contributed by atoms with E-state index in [0.717, 1.165) is 11.1 Å². The van der Waals surface area contributed by atoms with Gasteiger partial charge in [-0.3, -0.25) is 0 Å². The number of hydrogen-bond acceptors (Lipinski definition) is 2. The molecule has 0 radical (unpaired) electrons. The van der Waals surface area contributed by atoms with Crippen LogP contribution in [0.5, 0.6) is 11.5 Å². The van der Waals surface area contributed by atoms with Crippen molar-refractivity contribution >= 4 is 0 Å². The first-order valence-electron chi connectivity index (χ1n) is 7.20. The lowest BCUT2D eigenvalue weighted by atomic mass is 10.2. The zero-order valence-electron chi connectivity index (χ0n) is 13.1. The largest absolute Gasteiger partial charge is 0.489 e. The van der Waals surface area contributed by atoms with Crippen LogP contribution in [0.4, 0.5) is 4.39 Å². The fourth-order valence-electron chi connectivity index (χ4n) is 1.80. The van der Waals surface area contributed by atoms with Gasteiger partial charge in [0.25, 0.3) is 0 Å². The highest BCUT2D eigenvalue weighted by molar-refractivity contribution is 5.35. The minimum absolute atomic E-state index is 0.259. The quantitative estimate of drug-likeness (QED) is 0.501. The Hall–Kier alpha value is -2.81. The van der Waals surface area contributed by atoms with Gasteiger partial charge >= 0.3 is 0 Å². The molecule has 0 saturated carbocycles. The van der Waals surface area contributed by atoms with E-state index in [1.165, 1.54) is 12.1 Å². The summed E-state index contributed by atoms with van der Waals surface area (Å²) in [5.74, 6) is 1.57. The van der Waals surface area contributed by atoms with Gasteiger partial charge in [0.15, 0.2) is 0 Å². The van der Waals surface area contributed by atoms with Gasteiger partial charge in [0, 0.05) is 6.07 Å². The highest BCUT2D eigenvalue weighted by Crippen LogP contribution is 2.22. The number of rotatable bonds is 7. The summed E-state index contributed by atoms with van der Waals surface area (Å²) in [5.41, 5.74) is 1.82. The van der Waals surface area contributed by atoms with E-state index < -0.39 is 0 Å². The summed E-state index contributed by atoms with van der Waals surface area (Å²) >= 11 is 0. The van der Waals surface area contributed by atoms with Crippen LogP contribution < -0.4 is 9.47 Å². The molecule has 2 rings (SSSR count). The summed E-state index contributed by atoms with van der Waals surface area (Å²) in [6.45, 7) is 9.86. The monoisotopic (exact) mass is 310 g/mol. The topological polar surface area (TPSA) is 18.5 Å². The van der Waals surface area contributed by atoms with E-state index in [4.69, 9.17) is 9.47 Å². The first kappa shape index (κ1) is 16.6. The van der Waals surface area contributed by atoms with E-state index >= 15 is 0 Å². The van der Waals surface area contributed by atoms with Crippen molar-refractivity contribution in [3.63, 3.8) is 0 Å². The first-order chi connectivity index (χ1) is 11.0. The molecule has 0 aromatic heterocycles. The molecular formula is C20H19FO2. The molecule has 0 N–H and O–H groups in total. The number of ether oxygens (including phenoxy) is 2. The van der Waals surface area contributed by atoms with Crippen LogP contribution in [0.2, 0.25) is 0 Å². The Kier molecular flexibility index (Phi) is 5.75. The second-order valence-electron chi connectivity index (χ2n) is 5.14. The molecule has 2 nitrogen and oxygen atoms in total. The van der Waals surface area contributed by atoms with Crippen LogP contribution in [0.15, 0.2) is 85.2 Å². The van der Waals surface area contributed by atoms with E-state index in [2.05, 4.69) is 13.2 Å². The van der Waals surface area contributed by atoms with Crippen LogP contribution in [0, 0.1) is 5.82 Å². The minimum Gasteiger partial charge on any atom is -0.489 e. The predicted octanol–water partition coefficient (Wildman–Crippen LogP) is 5.43. The lowest BCUT2D eigenvalue weighted by Crippen LogP contribution is -1.96. The molecule has 0 amide bonds. The van der Waals surface area contributed by atoms with Crippen LogP contribution >= 0.6 is 0 Å². The van der Waals surface area contributed by atoms with Gasteiger partial charge in [-0.05, 0) is 42.8 Å². The molecule has 0 spiro atoms. The lowest BCUT2D eigenvalue weighted by Gasteiger charge is -2.09. The summed E-state index contributed by atoms with van der Waals surface area (Å²) in [4.78, 5) is 0. The van der Waals surface area contributed by atoms with Crippen LogP contribution in [0.3, 0.4) is 0 Å². The van der Waals surface area contributed by atoms with Gasteiger partial charge in [0.05, 0.1) is 0 Å². The third-order valence-corrected chi connectivity index (χ3v) is 2.93. The fourth-order valence-corrected chi connectivity index (χ4v) is 1.80. The van der Waals surface area contributed by atoms with Crippen molar-refractivity contribution < 1.29 is 13.9 Å². The molecule has 3 heteroatoms. The maximum absolute atomic E-state index is 12.9. The van der Waals surface area contributed by atoms with Crippen LogP contribution in [-0.4, -0.2) is 0 Å². The summed E-state index contributed by atoms with van der Waals surface area (Å²) < 4.78 is 24.2. The molecule has 0 aliphatic carbocycles. The Morgan fingerprint density at radius 2 is 1.74 bits per heavy atom. The van der Waals surface area contributed by atoms with Gasteiger partial charge in [0.1, 0.15) is 29.7 Å². The number of hydrogen-bond donors (Lipinski definition) is 0. The molecule has 0 saturated heterocycles. The van der Waals surface area contributed by atoms with E-state index in [1.54, 1.807) is 24.3 Å². The molecule has 0 unspecified atom stereocenters. The smallest absolute Gasteiger partial charge is 0.131 e. The minimum atomic E-state index is -0.259. The average Bonchev–Trinajstić information content (AvgIpc) is 2.53. The van der Waals surface area contributed by atoms with Crippen molar-refractivity contribution in [2.24, 2.45) is 0 Å². The van der Waals surface area contributed by atoms with Crippen molar-refractivity contribution in [3.8, 4) is 11.5 Å². The van der Waals surface area contributed by atoms with Crippen molar-refractivity contribution in [2.45, 2.75) is 13.5 Å². The van der Waals surface area contributed by atoms with E-state index in [0.29, 0.717) is 23.9 Å². The van der Waals surface area contributed by atoms with E-state index in [-0.39, 0.29) is 5.82 Å². The van der Waals surface area contributed by atoms with E-state index in [1.807, 2.05) is 31.2 Å². The Bertz CT molecular complexity index is 715. The van der Waals surface area contributed by atoms with Gasteiger partial charge in [-0.15, -0.1) is 0 Å².